The summed E-state index contributed by atoms with van der Waals surface area (Å²) in [5.74, 6) is 0.965. The van der Waals surface area contributed by atoms with E-state index >= 15 is 0 Å². The van der Waals surface area contributed by atoms with Crippen LogP contribution in [0, 0.1) is 0 Å². The van der Waals surface area contributed by atoms with E-state index in [1.807, 2.05) is 0 Å². The monoisotopic (exact) mass is 292 g/mol. The Bertz CT molecular complexity index is 360. The minimum Gasteiger partial charge on any atom is -0.492 e. The molecule has 1 aromatic carbocycles. The molecule has 0 aliphatic rings. The summed E-state index contributed by atoms with van der Waals surface area (Å²) in [6.45, 7) is 10.4. The van der Waals surface area contributed by atoms with Crippen LogP contribution in [-0.2, 0) is 6.54 Å². The van der Waals surface area contributed by atoms with E-state index in [1.54, 1.807) is 0 Å². The summed E-state index contributed by atoms with van der Waals surface area (Å²) >= 11 is 0. The fraction of sp³-hybridized carbons (Fsp3) is 0.667. The summed E-state index contributed by atoms with van der Waals surface area (Å²) in [6, 6.07) is 9.09. The van der Waals surface area contributed by atoms with Crippen LogP contribution in [-0.4, -0.2) is 37.7 Å². The van der Waals surface area contributed by atoms with Gasteiger partial charge in [-0.2, -0.15) is 0 Å². The van der Waals surface area contributed by atoms with Gasteiger partial charge in [0.15, 0.2) is 0 Å². The van der Waals surface area contributed by atoms with Crippen molar-refractivity contribution in [3.8, 4) is 5.75 Å². The Morgan fingerprint density at radius 1 is 1.10 bits per heavy atom. The minimum atomic E-state index is 0.667. The van der Waals surface area contributed by atoms with Crippen molar-refractivity contribution < 1.29 is 4.74 Å². The fourth-order valence-electron chi connectivity index (χ4n) is 2.52. The molecule has 1 aromatic rings. The van der Waals surface area contributed by atoms with E-state index in [0.29, 0.717) is 6.04 Å². The normalized spacial score (nSPS) is 11.3. The number of hydrogen-bond acceptors (Lipinski definition) is 3. The molecule has 3 heteroatoms. The molecule has 0 aromatic heterocycles. The van der Waals surface area contributed by atoms with Crippen molar-refractivity contribution in [1.82, 2.24) is 10.2 Å². The Hall–Kier alpha value is -1.06. The lowest BCUT2D eigenvalue weighted by Crippen LogP contribution is -2.33. The molecule has 1 N–H and O–H groups in total. The lowest BCUT2D eigenvalue weighted by molar-refractivity contribution is 0.183. The zero-order chi connectivity index (χ0) is 15.5. The van der Waals surface area contributed by atoms with Crippen LogP contribution >= 0.6 is 0 Å². The van der Waals surface area contributed by atoms with Gasteiger partial charge in [0.05, 0.1) is 0 Å². The Morgan fingerprint density at radius 3 is 2.33 bits per heavy atom. The van der Waals surface area contributed by atoms with E-state index in [9.17, 15) is 0 Å². The molecule has 0 spiro atoms. The molecular formula is C18H32N2O. The summed E-state index contributed by atoms with van der Waals surface area (Å²) in [5.41, 5.74) is 1.31. The highest BCUT2D eigenvalue weighted by atomic mass is 16.5. The van der Waals surface area contributed by atoms with Gasteiger partial charge in [0.2, 0.25) is 0 Å². The molecule has 0 saturated carbocycles. The maximum absolute atomic E-state index is 5.83. The topological polar surface area (TPSA) is 24.5 Å². The number of nitrogens with one attached hydrogen (secondary N) is 1. The molecule has 120 valence electrons. The molecule has 0 radical (unpaired) electrons. The van der Waals surface area contributed by atoms with Gasteiger partial charge in [0, 0.05) is 19.1 Å². The molecule has 0 unspecified atom stereocenters. The lowest BCUT2D eigenvalue weighted by atomic mass is 10.1. The second-order valence-electron chi connectivity index (χ2n) is 5.62. The maximum Gasteiger partial charge on any atom is 0.119 e. The highest BCUT2D eigenvalue weighted by Gasteiger charge is 2.09. The standard InChI is InChI=1S/C18H32N2O/c1-5-12-19-15-16-8-10-18(11-9-16)21-14-13-20(4)17(6-2)7-3/h8-11,17,19H,5-7,12-15H2,1-4H3. The molecule has 0 saturated heterocycles. The molecule has 0 fully saturated rings. The first-order valence-electron chi connectivity index (χ1n) is 8.33. The smallest absolute Gasteiger partial charge is 0.119 e. The molecular weight excluding hydrogens is 260 g/mol. The number of benzene rings is 1. The molecule has 0 aliphatic heterocycles. The highest BCUT2D eigenvalue weighted by molar-refractivity contribution is 5.27. The van der Waals surface area contributed by atoms with Crippen molar-refractivity contribution in [2.24, 2.45) is 0 Å². The Kier molecular flexibility index (Phi) is 9.11. The van der Waals surface area contributed by atoms with E-state index < -0.39 is 0 Å². The van der Waals surface area contributed by atoms with E-state index in [1.165, 1.54) is 24.8 Å². The van der Waals surface area contributed by atoms with E-state index in [2.05, 4.69) is 62.3 Å². The Balaban J connectivity index is 2.29. The highest BCUT2D eigenvalue weighted by Crippen LogP contribution is 2.12. The second kappa shape index (κ2) is 10.6. The molecule has 0 bridgehead atoms. The van der Waals surface area contributed by atoms with Gasteiger partial charge >= 0.3 is 0 Å². The third-order valence-electron chi connectivity index (χ3n) is 3.96. The third-order valence-corrected chi connectivity index (χ3v) is 3.96. The maximum atomic E-state index is 5.83. The first kappa shape index (κ1) is 18.0. The average Bonchev–Trinajstić information content (AvgIpc) is 2.50. The van der Waals surface area contributed by atoms with Gasteiger partial charge < -0.3 is 15.0 Å². The van der Waals surface area contributed by atoms with Crippen LogP contribution in [0.4, 0.5) is 0 Å². The fourth-order valence-corrected chi connectivity index (χ4v) is 2.52. The van der Waals surface area contributed by atoms with Gasteiger partial charge in [-0.15, -0.1) is 0 Å². The first-order valence-corrected chi connectivity index (χ1v) is 8.33. The van der Waals surface area contributed by atoms with Crippen LogP contribution in [0.2, 0.25) is 0 Å². The van der Waals surface area contributed by atoms with Gasteiger partial charge in [-0.05, 0) is 50.6 Å². The first-order chi connectivity index (χ1) is 10.2. The van der Waals surface area contributed by atoms with Crippen molar-refractivity contribution in [2.75, 3.05) is 26.7 Å². The Labute approximate surface area is 130 Å². The summed E-state index contributed by atoms with van der Waals surface area (Å²) < 4.78 is 5.83. The van der Waals surface area contributed by atoms with Gasteiger partial charge in [-0.3, -0.25) is 0 Å². The number of ether oxygens (including phenoxy) is 1. The number of likely N-dealkylation sites (N-methyl/N-ethyl adjacent to an activating group) is 1. The predicted molar refractivity (Wildman–Crippen MR) is 90.9 cm³/mol. The van der Waals surface area contributed by atoms with Crippen LogP contribution < -0.4 is 10.1 Å². The molecule has 3 nitrogen and oxygen atoms in total. The van der Waals surface area contributed by atoms with Gasteiger partial charge in [0.25, 0.3) is 0 Å². The zero-order valence-electron chi connectivity index (χ0n) is 14.2. The van der Waals surface area contributed by atoms with Gasteiger partial charge in [0.1, 0.15) is 12.4 Å². The van der Waals surface area contributed by atoms with E-state index in [4.69, 9.17) is 4.74 Å². The zero-order valence-corrected chi connectivity index (χ0v) is 14.2. The van der Waals surface area contributed by atoms with Gasteiger partial charge in [-0.25, -0.2) is 0 Å². The van der Waals surface area contributed by atoms with Crippen molar-refractivity contribution in [1.29, 1.82) is 0 Å². The number of nitrogens with zero attached hydrogens (tertiary/aromatic N) is 1. The second-order valence-corrected chi connectivity index (χ2v) is 5.62. The van der Waals surface area contributed by atoms with Crippen molar-refractivity contribution in [3.05, 3.63) is 29.8 Å². The molecule has 1 rings (SSSR count). The SMILES string of the molecule is CCCNCc1ccc(OCCN(C)C(CC)CC)cc1. The minimum absolute atomic E-state index is 0.667. The molecule has 0 amide bonds. The predicted octanol–water partition coefficient (Wildman–Crippen LogP) is 3.69. The molecule has 0 aliphatic carbocycles. The van der Waals surface area contributed by atoms with Crippen molar-refractivity contribution in [3.63, 3.8) is 0 Å². The van der Waals surface area contributed by atoms with Crippen LogP contribution in [0.25, 0.3) is 0 Å². The summed E-state index contributed by atoms with van der Waals surface area (Å²) in [4.78, 5) is 2.39. The lowest BCUT2D eigenvalue weighted by Gasteiger charge is -2.25. The van der Waals surface area contributed by atoms with Gasteiger partial charge in [-0.1, -0.05) is 32.9 Å². The summed E-state index contributed by atoms with van der Waals surface area (Å²) in [5, 5.41) is 3.41. The molecule has 0 heterocycles. The summed E-state index contributed by atoms with van der Waals surface area (Å²) in [7, 11) is 2.18. The van der Waals surface area contributed by atoms with Crippen LogP contribution in [0.3, 0.4) is 0 Å². The van der Waals surface area contributed by atoms with Crippen molar-refractivity contribution >= 4 is 0 Å². The molecule has 21 heavy (non-hydrogen) atoms. The van der Waals surface area contributed by atoms with Crippen LogP contribution in [0.1, 0.15) is 45.6 Å². The number of hydrogen-bond donors (Lipinski definition) is 1. The van der Waals surface area contributed by atoms with E-state index in [-0.39, 0.29) is 0 Å². The summed E-state index contributed by atoms with van der Waals surface area (Å²) in [6.07, 6.45) is 3.57. The Morgan fingerprint density at radius 2 is 1.76 bits per heavy atom. The quantitative estimate of drug-likeness (QED) is 0.630. The van der Waals surface area contributed by atoms with E-state index in [0.717, 1.165) is 32.0 Å². The third kappa shape index (κ3) is 6.96. The van der Waals surface area contributed by atoms with Crippen LogP contribution in [0.5, 0.6) is 5.75 Å². The number of rotatable bonds is 11. The average molecular weight is 292 g/mol. The molecule has 0 atom stereocenters. The largest absolute Gasteiger partial charge is 0.492 e. The van der Waals surface area contributed by atoms with Crippen molar-refractivity contribution in [2.45, 2.75) is 52.6 Å². The van der Waals surface area contributed by atoms with Crippen LogP contribution in [0.15, 0.2) is 24.3 Å².